The average Bonchev–Trinajstić information content (AvgIpc) is 2.22. The van der Waals surface area contributed by atoms with Gasteiger partial charge in [-0.15, -0.1) is 0 Å². The summed E-state index contributed by atoms with van der Waals surface area (Å²) in [5, 5.41) is 9.44. The van der Waals surface area contributed by atoms with Gasteiger partial charge < -0.3 is 9.84 Å². The van der Waals surface area contributed by atoms with Gasteiger partial charge in [0.05, 0.1) is 0 Å². The molecule has 0 bridgehead atoms. The van der Waals surface area contributed by atoms with E-state index in [0.29, 0.717) is 11.5 Å². The van der Waals surface area contributed by atoms with Crippen molar-refractivity contribution in [2.75, 3.05) is 0 Å². The first-order chi connectivity index (χ1) is 7.24. The highest BCUT2D eigenvalue weighted by atomic mass is 16.5. The molecule has 0 aliphatic heterocycles. The lowest BCUT2D eigenvalue weighted by Crippen LogP contribution is -1.89. The molecule has 0 saturated carbocycles. The molecule has 1 rings (SSSR count). The topological polar surface area (TPSA) is 29.5 Å². The van der Waals surface area contributed by atoms with Crippen molar-refractivity contribution < 1.29 is 9.84 Å². The standard InChI is InChI=1S/C13H14O2/c1-3-4-5-8-11(2)15-13-10-7-6-9-12(13)14/h3-10,14H,1H2,2H3/b5-4-,11-8+. The van der Waals surface area contributed by atoms with Gasteiger partial charge in [0.2, 0.25) is 0 Å². The Hall–Kier alpha value is -1.96. The van der Waals surface area contributed by atoms with Crippen LogP contribution in [0.5, 0.6) is 11.5 Å². The maximum Gasteiger partial charge on any atom is 0.168 e. The van der Waals surface area contributed by atoms with Crippen LogP contribution >= 0.6 is 0 Å². The van der Waals surface area contributed by atoms with Gasteiger partial charge in [0.15, 0.2) is 11.5 Å². The number of ether oxygens (including phenoxy) is 1. The number of aromatic hydroxyl groups is 1. The Morgan fingerprint density at radius 3 is 2.73 bits per heavy atom. The first-order valence-corrected chi connectivity index (χ1v) is 4.66. The zero-order valence-corrected chi connectivity index (χ0v) is 8.68. The van der Waals surface area contributed by atoms with Crippen molar-refractivity contribution in [2.45, 2.75) is 6.92 Å². The monoisotopic (exact) mass is 202 g/mol. The van der Waals surface area contributed by atoms with Crippen LogP contribution in [0.3, 0.4) is 0 Å². The molecule has 1 aromatic carbocycles. The Balaban J connectivity index is 2.70. The van der Waals surface area contributed by atoms with Gasteiger partial charge in [-0.1, -0.05) is 36.9 Å². The zero-order chi connectivity index (χ0) is 11.1. The summed E-state index contributed by atoms with van der Waals surface area (Å²) in [6.07, 6.45) is 7.11. The third-order valence-corrected chi connectivity index (χ3v) is 1.71. The van der Waals surface area contributed by atoms with Crippen molar-refractivity contribution in [1.82, 2.24) is 0 Å². The third kappa shape index (κ3) is 3.73. The molecule has 1 N–H and O–H groups in total. The quantitative estimate of drug-likeness (QED) is 0.598. The van der Waals surface area contributed by atoms with Gasteiger partial charge >= 0.3 is 0 Å². The van der Waals surface area contributed by atoms with Crippen molar-refractivity contribution in [1.29, 1.82) is 0 Å². The lowest BCUT2D eigenvalue weighted by atomic mass is 10.3. The normalized spacial score (nSPS) is 11.7. The van der Waals surface area contributed by atoms with Crippen LogP contribution in [0.15, 0.2) is 60.9 Å². The Labute approximate surface area is 89.8 Å². The lowest BCUT2D eigenvalue weighted by molar-refractivity contribution is 0.383. The van der Waals surface area contributed by atoms with E-state index in [1.807, 2.05) is 19.1 Å². The molecule has 0 radical (unpaired) electrons. The Kier molecular flexibility index (Phi) is 4.23. The summed E-state index contributed by atoms with van der Waals surface area (Å²) in [6, 6.07) is 6.85. The van der Waals surface area contributed by atoms with E-state index in [-0.39, 0.29) is 5.75 Å². The highest BCUT2D eigenvalue weighted by Gasteiger charge is 1.99. The number of rotatable bonds is 4. The van der Waals surface area contributed by atoms with E-state index < -0.39 is 0 Å². The molecule has 0 atom stereocenters. The molecule has 0 spiro atoms. The molecule has 0 fully saturated rings. The molecular weight excluding hydrogens is 188 g/mol. The number of phenolic OH excluding ortho intramolecular Hbond substituents is 1. The van der Waals surface area contributed by atoms with Gasteiger partial charge in [0.25, 0.3) is 0 Å². The number of para-hydroxylation sites is 2. The van der Waals surface area contributed by atoms with Gasteiger partial charge in [0, 0.05) is 0 Å². The highest BCUT2D eigenvalue weighted by Crippen LogP contribution is 2.26. The Morgan fingerprint density at radius 1 is 1.33 bits per heavy atom. The van der Waals surface area contributed by atoms with Crippen molar-refractivity contribution in [2.24, 2.45) is 0 Å². The molecule has 2 nitrogen and oxygen atoms in total. The molecule has 0 saturated heterocycles. The maximum atomic E-state index is 9.44. The van der Waals surface area contributed by atoms with Gasteiger partial charge in [-0.25, -0.2) is 0 Å². The van der Waals surface area contributed by atoms with Crippen molar-refractivity contribution in [3.63, 3.8) is 0 Å². The van der Waals surface area contributed by atoms with Crippen LogP contribution in [0.2, 0.25) is 0 Å². The molecule has 2 heteroatoms. The minimum Gasteiger partial charge on any atom is -0.504 e. The van der Waals surface area contributed by atoms with Gasteiger partial charge in [-0.3, -0.25) is 0 Å². The van der Waals surface area contributed by atoms with Gasteiger partial charge in [-0.2, -0.15) is 0 Å². The van der Waals surface area contributed by atoms with Crippen molar-refractivity contribution >= 4 is 0 Å². The van der Waals surface area contributed by atoms with E-state index in [0.717, 1.165) is 0 Å². The number of hydrogen-bond donors (Lipinski definition) is 1. The summed E-state index contributed by atoms with van der Waals surface area (Å²) in [7, 11) is 0. The molecule has 0 amide bonds. The second kappa shape index (κ2) is 5.70. The minimum absolute atomic E-state index is 0.137. The predicted octanol–water partition coefficient (Wildman–Crippen LogP) is 3.42. The van der Waals surface area contributed by atoms with Crippen LogP contribution in [-0.4, -0.2) is 5.11 Å². The SMILES string of the molecule is C=C/C=C\C=C(/C)Oc1ccccc1O. The van der Waals surface area contributed by atoms with Crippen LogP contribution in [-0.2, 0) is 0 Å². The van der Waals surface area contributed by atoms with E-state index in [9.17, 15) is 5.11 Å². The second-order valence-corrected chi connectivity index (χ2v) is 2.97. The van der Waals surface area contributed by atoms with Crippen LogP contribution in [0.1, 0.15) is 6.92 Å². The minimum atomic E-state index is 0.137. The van der Waals surface area contributed by atoms with E-state index in [4.69, 9.17) is 4.74 Å². The van der Waals surface area contributed by atoms with E-state index in [2.05, 4.69) is 6.58 Å². The average molecular weight is 202 g/mol. The third-order valence-electron chi connectivity index (χ3n) is 1.71. The molecule has 0 aliphatic carbocycles. The number of benzene rings is 1. The first-order valence-electron chi connectivity index (χ1n) is 4.66. The molecule has 0 aromatic heterocycles. The number of hydrogen-bond acceptors (Lipinski definition) is 2. The molecule has 1 aromatic rings. The fourth-order valence-electron chi connectivity index (χ4n) is 1.02. The zero-order valence-electron chi connectivity index (χ0n) is 8.68. The van der Waals surface area contributed by atoms with E-state index in [1.54, 1.807) is 36.4 Å². The number of phenols is 1. The van der Waals surface area contributed by atoms with Gasteiger partial charge in [-0.05, 0) is 25.1 Å². The van der Waals surface area contributed by atoms with Crippen molar-refractivity contribution in [3.8, 4) is 11.5 Å². The molecule has 15 heavy (non-hydrogen) atoms. The summed E-state index contributed by atoms with van der Waals surface area (Å²) in [5.41, 5.74) is 0. The summed E-state index contributed by atoms with van der Waals surface area (Å²) < 4.78 is 5.42. The number of allylic oxidation sites excluding steroid dienone is 5. The van der Waals surface area contributed by atoms with Crippen molar-refractivity contribution in [3.05, 3.63) is 60.9 Å². The highest BCUT2D eigenvalue weighted by molar-refractivity contribution is 5.39. The fourth-order valence-corrected chi connectivity index (χ4v) is 1.02. The smallest absolute Gasteiger partial charge is 0.168 e. The summed E-state index contributed by atoms with van der Waals surface area (Å²) in [6.45, 7) is 5.38. The summed E-state index contributed by atoms with van der Waals surface area (Å²) in [4.78, 5) is 0. The lowest BCUT2D eigenvalue weighted by Gasteiger charge is -2.06. The predicted molar refractivity (Wildman–Crippen MR) is 61.8 cm³/mol. The molecule has 0 aliphatic rings. The molecular formula is C13H14O2. The van der Waals surface area contributed by atoms with Crippen LogP contribution < -0.4 is 4.74 Å². The first kappa shape index (κ1) is 11.1. The van der Waals surface area contributed by atoms with E-state index >= 15 is 0 Å². The Bertz CT molecular complexity index is 389. The molecule has 0 heterocycles. The van der Waals surface area contributed by atoms with E-state index in [1.165, 1.54) is 0 Å². The summed E-state index contributed by atoms with van der Waals surface area (Å²) in [5.74, 6) is 1.30. The van der Waals surface area contributed by atoms with Crippen LogP contribution in [0.25, 0.3) is 0 Å². The molecule has 78 valence electrons. The van der Waals surface area contributed by atoms with Crippen LogP contribution in [0, 0.1) is 0 Å². The summed E-state index contributed by atoms with van der Waals surface area (Å²) >= 11 is 0. The fraction of sp³-hybridized carbons (Fsp3) is 0.0769. The maximum absolute atomic E-state index is 9.44. The van der Waals surface area contributed by atoms with Crippen LogP contribution in [0.4, 0.5) is 0 Å². The van der Waals surface area contributed by atoms with Gasteiger partial charge in [0.1, 0.15) is 5.76 Å². The largest absolute Gasteiger partial charge is 0.504 e. The Morgan fingerprint density at radius 2 is 2.07 bits per heavy atom. The second-order valence-electron chi connectivity index (χ2n) is 2.97. The molecule has 0 unspecified atom stereocenters.